The predicted octanol–water partition coefficient (Wildman–Crippen LogP) is 2.54. The molecular formula is C20H27F2N5O2. The Morgan fingerprint density at radius 1 is 1.17 bits per heavy atom. The number of aliphatic imine (C=N–C) groups is 1. The fraction of sp³-hybridized carbons (Fsp3) is 0.400. The van der Waals surface area contributed by atoms with Crippen molar-refractivity contribution in [3.63, 3.8) is 0 Å². The third-order valence-corrected chi connectivity index (χ3v) is 3.95. The van der Waals surface area contributed by atoms with Gasteiger partial charge in [0.2, 0.25) is 0 Å². The lowest BCUT2D eigenvalue weighted by atomic mass is 10.1. The second kappa shape index (κ2) is 11.2. The minimum atomic E-state index is -2.88. The van der Waals surface area contributed by atoms with Gasteiger partial charge in [-0.3, -0.25) is 0 Å². The highest BCUT2D eigenvalue weighted by Crippen LogP contribution is 2.19. The van der Waals surface area contributed by atoms with Crippen molar-refractivity contribution in [3.8, 4) is 5.75 Å². The Labute approximate surface area is 169 Å². The molecular weight excluding hydrogens is 380 g/mol. The van der Waals surface area contributed by atoms with Gasteiger partial charge in [0.15, 0.2) is 5.96 Å². The molecule has 0 aliphatic rings. The van der Waals surface area contributed by atoms with Crippen molar-refractivity contribution >= 4 is 11.8 Å². The molecule has 0 fully saturated rings. The number of anilines is 1. The van der Waals surface area contributed by atoms with Crippen molar-refractivity contribution in [2.45, 2.75) is 26.2 Å². The number of aliphatic hydroxyl groups is 1. The molecule has 0 saturated carbocycles. The van der Waals surface area contributed by atoms with E-state index in [9.17, 15) is 13.9 Å². The van der Waals surface area contributed by atoms with Crippen LogP contribution in [-0.4, -0.2) is 49.8 Å². The summed E-state index contributed by atoms with van der Waals surface area (Å²) in [7, 11) is 3.85. The van der Waals surface area contributed by atoms with E-state index in [0.717, 1.165) is 11.5 Å². The van der Waals surface area contributed by atoms with E-state index in [1.807, 2.05) is 44.1 Å². The molecule has 1 atom stereocenters. The van der Waals surface area contributed by atoms with E-state index in [-0.39, 0.29) is 12.3 Å². The number of pyridine rings is 1. The zero-order chi connectivity index (χ0) is 21.2. The molecule has 29 heavy (non-hydrogen) atoms. The summed E-state index contributed by atoms with van der Waals surface area (Å²) in [5.74, 6) is 1.44. The number of benzene rings is 1. The Balaban J connectivity index is 1.95. The first-order valence-electron chi connectivity index (χ1n) is 9.27. The first-order valence-corrected chi connectivity index (χ1v) is 9.27. The summed E-state index contributed by atoms with van der Waals surface area (Å²) >= 11 is 0. The number of hydrogen-bond donors (Lipinski definition) is 3. The van der Waals surface area contributed by atoms with E-state index in [4.69, 9.17) is 0 Å². The van der Waals surface area contributed by atoms with Gasteiger partial charge in [-0.25, -0.2) is 9.98 Å². The van der Waals surface area contributed by atoms with Gasteiger partial charge in [-0.15, -0.1) is 0 Å². The fourth-order valence-corrected chi connectivity index (χ4v) is 2.49. The zero-order valence-electron chi connectivity index (χ0n) is 16.8. The van der Waals surface area contributed by atoms with E-state index in [2.05, 4.69) is 25.3 Å². The molecule has 7 nitrogen and oxygen atoms in total. The standard InChI is InChI=1S/C20H27F2N5O2/c1-4-23-20(24-12-15-6-5-7-18(26-15)27(2)3)25-13-17(28)14-8-10-16(11-9-14)29-19(21)22/h5-11,17,19,28H,4,12-13H2,1-3H3,(H2,23,24,25). The van der Waals surface area contributed by atoms with E-state index in [0.29, 0.717) is 24.6 Å². The van der Waals surface area contributed by atoms with Gasteiger partial charge in [0.25, 0.3) is 0 Å². The van der Waals surface area contributed by atoms with Crippen LogP contribution in [0.4, 0.5) is 14.6 Å². The molecule has 3 N–H and O–H groups in total. The molecule has 9 heteroatoms. The minimum Gasteiger partial charge on any atom is -0.435 e. The maximum Gasteiger partial charge on any atom is 0.387 e. The van der Waals surface area contributed by atoms with Gasteiger partial charge in [0.1, 0.15) is 11.6 Å². The number of halogens is 2. The van der Waals surface area contributed by atoms with Gasteiger partial charge < -0.3 is 25.4 Å². The van der Waals surface area contributed by atoms with Crippen molar-refractivity contribution in [3.05, 3.63) is 53.7 Å². The molecule has 0 saturated heterocycles. The average molecular weight is 407 g/mol. The van der Waals surface area contributed by atoms with Crippen LogP contribution >= 0.6 is 0 Å². The summed E-state index contributed by atoms with van der Waals surface area (Å²) in [4.78, 5) is 10.9. The van der Waals surface area contributed by atoms with Gasteiger partial charge in [-0.2, -0.15) is 8.78 Å². The first-order chi connectivity index (χ1) is 13.9. The number of hydrogen-bond acceptors (Lipinski definition) is 5. The molecule has 1 unspecified atom stereocenters. The van der Waals surface area contributed by atoms with Gasteiger partial charge in [0.05, 0.1) is 18.3 Å². The highest BCUT2D eigenvalue weighted by atomic mass is 19.3. The van der Waals surface area contributed by atoms with Crippen LogP contribution in [0.2, 0.25) is 0 Å². The van der Waals surface area contributed by atoms with Crippen LogP contribution in [-0.2, 0) is 6.54 Å². The molecule has 1 aromatic heterocycles. The average Bonchev–Trinajstić information content (AvgIpc) is 2.70. The van der Waals surface area contributed by atoms with E-state index < -0.39 is 12.7 Å². The number of ether oxygens (including phenoxy) is 1. The Bertz CT molecular complexity index is 785. The minimum absolute atomic E-state index is 0.0475. The zero-order valence-corrected chi connectivity index (χ0v) is 16.8. The van der Waals surface area contributed by atoms with Gasteiger partial charge in [-0.1, -0.05) is 18.2 Å². The topological polar surface area (TPSA) is 82.0 Å². The van der Waals surface area contributed by atoms with Crippen molar-refractivity contribution in [2.75, 3.05) is 32.1 Å². The van der Waals surface area contributed by atoms with Crippen molar-refractivity contribution in [1.29, 1.82) is 0 Å². The predicted molar refractivity (Wildman–Crippen MR) is 109 cm³/mol. The molecule has 1 aromatic carbocycles. The molecule has 1 heterocycles. The lowest BCUT2D eigenvalue weighted by Gasteiger charge is -2.16. The van der Waals surface area contributed by atoms with E-state index in [1.165, 1.54) is 12.1 Å². The number of rotatable bonds is 9. The van der Waals surface area contributed by atoms with E-state index in [1.54, 1.807) is 12.1 Å². The second-order valence-corrected chi connectivity index (χ2v) is 6.42. The monoisotopic (exact) mass is 407 g/mol. The van der Waals surface area contributed by atoms with Gasteiger partial charge in [-0.05, 0) is 36.8 Å². The highest BCUT2D eigenvalue weighted by Gasteiger charge is 2.10. The highest BCUT2D eigenvalue weighted by molar-refractivity contribution is 5.79. The van der Waals surface area contributed by atoms with E-state index >= 15 is 0 Å². The summed E-state index contributed by atoms with van der Waals surface area (Å²) in [6.07, 6.45) is -0.838. The molecule has 0 spiro atoms. The maximum absolute atomic E-state index is 12.2. The van der Waals surface area contributed by atoms with Crippen LogP contribution in [0.15, 0.2) is 47.5 Å². The lowest BCUT2D eigenvalue weighted by Crippen LogP contribution is -2.39. The Morgan fingerprint density at radius 2 is 1.90 bits per heavy atom. The van der Waals surface area contributed by atoms with Gasteiger partial charge >= 0.3 is 6.61 Å². The van der Waals surface area contributed by atoms with Crippen LogP contribution < -0.4 is 20.3 Å². The third kappa shape index (κ3) is 7.53. The Hall–Kier alpha value is -2.94. The molecule has 0 amide bonds. The molecule has 0 aliphatic carbocycles. The number of nitrogens with zero attached hydrogens (tertiary/aromatic N) is 3. The lowest BCUT2D eigenvalue weighted by molar-refractivity contribution is -0.0498. The molecule has 0 radical (unpaired) electrons. The molecule has 0 bridgehead atoms. The quantitative estimate of drug-likeness (QED) is 0.438. The Kier molecular flexibility index (Phi) is 8.60. The van der Waals surface area contributed by atoms with Crippen LogP contribution in [0.3, 0.4) is 0 Å². The molecule has 2 aromatic rings. The van der Waals surface area contributed by atoms with Crippen molar-refractivity contribution in [1.82, 2.24) is 15.6 Å². The maximum atomic E-state index is 12.2. The van der Waals surface area contributed by atoms with Crippen molar-refractivity contribution < 1.29 is 18.6 Å². The summed E-state index contributed by atoms with van der Waals surface area (Å²) in [5, 5.41) is 16.5. The fourth-order valence-electron chi connectivity index (χ4n) is 2.49. The van der Waals surface area contributed by atoms with Crippen LogP contribution in [0, 0.1) is 0 Å². The molecule has 0 aliphatic heterocycles. The molecule has 158 valence electrons. The summed E-state index contributed by atoms with van der Waals surface area (Å²) in [5.41, 5.74) is 1.40. The number of alkyl halides is 2. The summed E-state index contributed by atoms with van der Waals surface area (Å²) < 4.78 is 28.7. The third-order valence-electron chi connectivity index (χ3n) is 3.95. The summed E-state index contributed by atoms with van der Waals surface area (Å²) in [6, 6.07) is 11.6. The SMILES string of the molecule is CCNC(=NCc1cccc(N(C)C)n1)NCC(O)c1ccc(OC(F)F)cc1. The van der Waals surface area contributed by atoms with Crippen LogP contribution in [0.5, 0.6) is 5.75 Å². The van der Waals surface area contributed by atoms with Gasteiger partial charge in [0, 0.05) is 27.2 Å². The van der Waals surface area contributed by atoms with Crippen LogP contribution in [0.25, 0.3) is 0 Å². The summed E-state index contributed by atoms with van der Waals surface area (Å²) in [6.45, 7) is 0.311. The van der Waals surface area contributed by atoms with Crippen molar-refractivity contribution in [2.24, 2.45) is 4.99 Å². The number of guanidine groups is 1. The second-order valence-electron chi connectivity index (χ2n) is 6.42. The number of aliphatic hydroxyl groups excluding tert-OH is 1. The first kappa shape index (κ1) is 22.4. The normalized spacial score (nSPS) is 12.6. The Morgan fingerprint density at radius 3 is 2.52 bits per heavy atom. The largest absolute Gasteiger partial charge is 0.435 e. The molecule has 2 rings (SSSR count). The van der Waals surface area contributed by atoms with Crippen LogP contribution in [0.1, 0.15) is 24.3 Å². The smallest absolute Gasteiger partial charge is 0.387 e. The number of nitrogens with one attached hydrogen (secondary N) is 2. The number of aromatic nitrogens is 1.